The third-order valence-corrected chi connectivity index (χ3v) is 4.18. The molecule has 0 radical (unpaired) electrons. The fourth-order valence-electron chi connectivity index (χ4n) is 3.23. The topological polar surface area (TPSA) is 0 Å². The van der Waals surface area contributed by atoms with Crippen LogP contribution in [-0.4, -0.2) is 0 Å². The first kappa shape index (κ1) is 12.0. The molecule has 1 atom stereocenters. The predicted octanol–water partition coefficient (Wildman–Crippen LogP) is 4.91. The maximum Gasteiger partial charge on any atom is 0.0210 e. The van der Waals surface area contributed by atoms with Gasteiger partial charge in [-0.25, -0.2) is 0 Å². The van der Waals surface area contributed by atoms with Crippen molar-refractivity contribution in [2.24, 2.45) is 0 Å². The number of allylic oxidation sites excluding steroid dienone is 2. The van der Waals surface area contributed by atoms with E-state index in [0.29, 0.717) is 0 Å². The van der Waals surface area contributed by atoms with Crippen molar-refractivity contribution in [1.82, 2.24) is 0 Å². The maximum absolute atomic E-state index is 4.10. The summed E-state index contributed by atoms with van der Waals surface area (Å²) >= 11 is 0. The third kappa shape index (κ3) is 1.76. The minimum atomic E-state index is -0.00725. The molecule has 94 valence electrons. The highest BCUT2D eigenvalue weighted by Gasteiger charge is 2.34. The van der Waals surface area contributed by atoms with E-state index < -0.39 is 0 Å². The summed E-state index contributed by atoms with van der Waals surface area (Å²) in [6.45, 7) is 8.03. The molecule has 2 aromatic rings. The minimum absolute atomic E-state index is 0.00725. The lowest BCUT2D eigenvalue weighted by Crippen LogP contribution is -2.29. The van der Waals surface area contributed by atoms with Crippen molar-refractivity contribution < 1.29 is 0 Å². The highest BCUT2D eigenvalue weighted by Crippen LogP contribution is 2.45. The Balaban J connectivity index is 2.30. The van der Waals surface area contributed by atoms with Gasteiger partial charge < -0.3 is 0 Å². The molecule has 1 unspecified atom stereocenters. The lowest BCUT2D eigenvalue weighted by Gasteiger charge is -2.37. The molecule has 19 heavy (non-hydrogen) atoms. The van der Waals surface area contributed by atoms with Crippen molar-refractivity contribution in [3.8, 4) is 11.1 Å². The summed E-state index contributed by atoms with van der Waals surface area (Å²) in [5, 5.41) is 0. The Labute approximate surface area is 115 Å². The summed E-state index contributed by atoms with van der Waals surface area (Å²) in [6, 6.07) is 17.4. The fourth-order valence-corrected chi connectivity index (χ4v) is 3.23. The standard InChI is InChI=1S/C19H18/c1-3-13-19(4-2)14-15-9-5-6-10-16(15)17-11-7-8-12-18(17)19/h3-12H,1-2,13-14H2. The Morgan fingerprint density at radius 2 is 1.63 bits per heavy atom. The van der Waals surface area contributed by atoms with E-state index in [1.807, 2.05) is 6.08 Å². The first-order chi connectivity index (χ1) is 9.30. The van der Waals surface area contributed by atoms with Gasteiger partial charge in [0.05, 0.1) is 0 Å². The van der Waals surface area contributed by atoms with E-state index in [0.717, 1.165) is 12.8 Å². The summed E-state index contributed by atoms with van der Waals surface area (Å²) in [5.41, 5.74) is 5.48. The fraction of sp³-hybridized carbons (Fsp3) is 0.158. The van der Waals surface area contributed by atoms with E-state index in [1.54, 1.807) is 0 Å². The lowest BCUT2D eigenvalue weighted by molar-refractivity contribution is 0.535. The van der Waals surface area contributed by atoms with Crippen LogP contribution in [0.1, 0.15) is 17.5 Å². The molecule has 0 saturated heterocycles. The van der Waals surface area contributed by atoms with Crippen LogP contribution in [0.2, 0.25) is 0 Å². The number of rotatable bonds is 3. The second-order valence-electron chi connectivity index (χ2n) is 5.23. The van der Waals surface area contributed by atoms with Crippen LogP contribution >= 0.6 is 0 Å². The summed E-state index contributed by atoms with van der Waals surface area (Å²) in [5.74, 6) is 0. The molecule has 1 aliphatic rings. The third-order valence-electron chi connectivity index (χ3n) is 4.18. The van der Waals surface area contributed by atoms with Crippen LogP contribution in [0.3, 0.4) is 0 Å². The quantitative estimate of drug-likeness (QED) is 0.675. The van der Waals surface area contributed by atoms with Crippen molar-refractivity contribution >= 4 is 0 Å². The Bertz CT molecular complexity index is 636. The van der Waals surface area contributed by atoms with Gasteiger partial charge in [-0.1, -0.05) is 60.7 Å². The van der Waals surface area contributed by atoms with E-state index in [4.69, 9.17) is 0 Å². The molecule has 0 aromatic heterocycles. The van der Waals surface area contributed by atoms with Crippen molar-refractivity contribution in [3.05, 3.63) is 85.0 Å². The van der Waals surface area contributed by atoms with Crippen LogP contribution in [0.25, 0.3) is 11.1 Å². The summed E-state index contributed by atoms with van der Waals surface area (Å²) in [7, 11) is 0. The zero-order chi connectivity index (χ0) is 13.3. The van der Waals surface area contributed by atoms with Gasteiger partial charge in [-0.2, -0.15) is 0 Å². The van der Waals surface area contributed by atoms with Gasteiger partial charge in [-0.15, -0.1) is 13.2 Å². The summed E-state index contributed by atoms with van der Waals surface area (Å²) in [4.78, 5) is 0. The molecule has 0 N–H and O–H groups in total. The first-order valence-corrected chi connectivity index (χ1v) is 6.73. The molecule has 2 aromatic carbocycles. The largest absolute Gasteiger partial charge is 0.103 e. The van der Waals surface area contributed by atoms with E-state index in [9.17, 15) is 0 Å². The van der Waals surface area contributed by atoms with E-state index in [-0.39, 0.29) is 5.41 Å². The molecular weight excluding hydrogens is 228 g/mol. The number of hydrogen-bond acceptors (Lipinski definition) is 0. The molecule has 0 nitrogen and oxygen atoms in total. The highest BCUT2D eigenvalue weighted by atomic mass is 14.4. The Kier molecular flexibility index (Phi) is 2.87. The molecule has 0 spiro atoms. The molecule has 0 heterocycles. The minimum Gasteiger partial charge on any atom is -0.103 e. The molecule has 3 rings (SSSR count). The first-order valence-electron chi connectivity index (χ1n) is 6.73. The Hall–Kier alpha value is -2.08. The van der Waals surface area contributed by atoms with Crippen LogP contribution in [0.5, 0.6) is 0 Å². The van der Waals surface area contributed by atoms with Gasteiger partial charge in [0.25, 0.3) is 0 Å². The normalized spacial score (nSPS) is 20.2. The molecule has 0 amide bonds. The Morgan fingerprint density at radius 3 is 2.37 bits per heavy atom. The van der Waals surface area contributed by atoms with Gasteiger partial charge in [0.15, 0.2) is 0 Å². The zero-order valence-corrected chi connectivity index (χ0v) is 11.1. The molecular formula is C19H18. The molecule has 0 bridgehead atoms. The van der Waals surface area contributed by atoms with E-state index in [2.05, 4.69) is 67.8 Å². The predicted molar refractivity (Wildman–Crippen MR) is 82.3 cm³/mol. The number of hydrogen-bond donors (Lipinski definition) is 0. The SMILES string of the molecule is C=CCC1(C=C)Cc2ccccc2-c2ccccc21. The second kappa shape index (κ2) is 4.55. The van der Waals surface area contributed by atoms with Crippen LogP contribution < -0.4 is 0 Å². The van der Waals surface area contributed by atoms with Gasteiger partial charge in [0, 0.05) is 5.41 Å². The van der Waals surface area contributed by atoms with Gasteiger partial charge >= 0.3 is 0 Å². The van der Waals surface area contributed by atoms with Crippen LogP contribution in [0, 0.1) is 0 Å². The van der Waals surface area contributed by atoms with Crippen molar-refractivity contribution in [1.29, 1.82) is 0 Å². The van der Waals surface area contributed by atoms with Gasteiger partial charge in [0.1, 0.15) is 0 Å². The van der Waals surface area contributed by atoms with Crippen LogP contribution in [0.4, 0.5) is 0 Å². The number of benzene rings is 2. The van der Waals surface area contributed by atoms with Crippen molar-refractivity contribution in [2.45, 2.75) is 18.3 Å². The Morgan fingerprint density at radius 1 is 0.947 bits per heavy atom. The average molecular weight is 246 g/mol. The monoisotopic (exact) mass is 246 g/mol. The second-order valence-corrected chi connectivity index (χ2v) is 5.23. The zero-order valence-electron chi connectivity index (χ0n) is 11.1. The van der Waals surface area contributed by atoms with Crippen LogP contribution in [-0.2, 0) is 11.8 Å². The molecule has 0 aliphatic heterocycles. The van der Waals surface area contributed by atoms with Gasteiger partial charge in [0.2, 0.25) is 0 Å². The van der Waals surface area contributed by atoms with Gasteiger partial charge in [-0.3, -0.25) is 0 Å². The van der Waals surface area contributed by atoms with Crippen molar-refractivity contribution in [3.63, 3.8) is 0 Å². The molecule has 1 aliphatic carbocycles. The van der Waals surface area contributed by atoms with E-state index >= 15 is 0 Å². The van der Waals surface area contributed by atoms with Crippen molar-refractivity contribution in [2.75, 3.05) is 0 Å². The van der Waals surface area contributed by atoms with Gasteiger partial charge in [-0.05, 0) is 35.1 Å². The maximum atomic E-state index is 4.10. The van der Waals surface area contributed by atoms with Crippen LogP contribution in [0.15, 0.2) is 73.8 Å². The molecule has 0 fully saturated rings. The average Bonchev–Trinajstić information content (AvgIpc) is 2.48. The molecule has 0 saturated carbocycles. The summed E-state index contributed by atoms with van der Waals surface area (Å²) in [6.07, 6.45) is 6.05. The molecule has 0 heteroatoms. The number of fused-ring (bicyclic) bond motifs is 3. The smallest absolute Gasteiger partial charge is 0.0210 e. The summed E-state index contributed by atoms with van der Waals surface area (Å²) < 4.78 is 0. The van der Waals surface area contributed by atoms with E-state index in [1.165, 1.54) is 22.3 Å². The highest BCUT2D eigenvalue weighted by molar-refractivity contribution is 5.75. The lowest BCUT2D eigenvalue weighted by atomic mass is 9.66.